The first kappa shape index (κ1) is 12.7. The van der Waals surface area contributed by atoms with Crippen molar-refractivity contribution in [1.82, 2.24) is 9.88 Å². The Labute approximate surface area is 107 Å². The van der Waals surface area contributed by atoms with Gasteiger partial charge >= 0.3 is 0 Å². The monoisotopic (exact) mass is 252 g/mol. The van der Waals surface area contributed by atoms with Gasteiger partial charge in [-0.05, 0) is 33.2 Å². The minimum atomic E-state index is 0.449. The summed E-state index contributed by atoms with van der Waals surface area (Å²) in [7, 11) is 0. The molecule has 2 rings (SSSR count). The second-order valence-corrected chi connectivity index (χ2v) is 5.78. The standard InChI is InChI=1S/C13H20N2OS/c1-10(2)15-7-4-3-5-12(15)13-14-11(6-8-16)9-17-13/h8-10,12H,3-7H2,1-2H3. The van der Waals surface area contributed by atoms with Crippen LogP contribution in [-0.4, -0.2) is 28.8 Å². The zero-order valence-corrected chi connectivity index (χ0v) is 11.4. The highest BCUT2D eigenvalue weighted by molar-refractivity contribution is 7.09. The molecule has 1 aromatic heterocycles. The van der Waals surface area contributed by atoms with Gasteiger partial charge < -0.3 is 4.79 Å². The van der Waals surface area contributed by atoms with Crippen molar-refractivity contribution in [3.05, 3.63) is 16.1 Å². The quantitative estimate of drug-likeness (QED) is 0.773. The van der Waals surface area contributed by atoms with E-state index in [9.17, 15) is 4.79 Å². The van der Waals surface area contributed by atoms with E-state index in [1.54, 1.807) is 11.3 Å². The van der Waals surface area contributed by atoms with Gasteiger partial charge in [0, 0.05) is 17.8 Å². The predicted molar refractivity (Wildman–Crippen MR) is 70.3 cm³/mol. The van der Waals surface area contributed by atoms with Crippen molar-refractivity contribution in [1.29, 1.82) is 0 Å². The largest absolute Gasteiger partial charge is 0.303 e. The second-order valence-electron chi connectivity index (χ2n) is 4.89. The number of rotatable bonds is 4. The lowest BCUT2D eigenvalue weighted by Gasteiger charge is -2.37. The van der Waals surface area contributed by atoms with Crippen LogP contribution in [0.1, 0.15) is 49.9 Å². The maximum absolute atomic E-state index is 10.5. The molecule has 1 aromatic rings. The van der Waals surface area contributed by atoms with Gasteiger partial charge in [0.1, 0.15) is 11.3 Å². The fraction of sp³-hybridized carbons (Fsp3) is 0.692. The Morgan fingerprint density at radius 1 is 1.59 bits per heavy atom. The third-order valence-electron chi connectivity index (χ3n) is 3.35. The molecule has 1 aliphatic heterocycles. The van der Waals surface area contributed by atoms with Gasteiger partial charge in [-0.1, -0.05) is 6.42 Å². The molecule has 1 unspecified atom stereocenters. The minimum Gasteiger partial charge on any atom is -0.303 e. The number of hydrogen-bond donors (Lipinski definition) is 0. The number of nitrogens with zero attached hydrogens (tertiary/aromatic N) is 2. The van der Waals surface area contributed by atoms with Crippen molar-refractivity contribution in [3.8, 4) is 0 Å². The van der Waals surface area contributed by atoms with Gasteiger partial charge in [0.15, 0.2) is 0 Å². The van der Waals surface area contributed by atoms with E-state index in [1.807, 2.05) is 5.38 Å². The van der Waals surface area contributed by atoms with Gasteiger partial charge in [0.25, 0.3) is 0 Å². The van der Waals surface area contributed by atoms with Crippen molar-refractivity contribution < 1.29 is 4.79 Å². The van der Waals surface area contributed by atoms with E-state index in [0.717, 1.165) is 12.0 Å². The number of carbonyl (C=O) groups excluding carboxylic acids is 1. The van der Waals surface area contributed by atoms with E-state index in [0.29, 0.717) is 18.5 Å². The summed E-state index contributed by atoms with van der Waals surface area (Å²) in [5, 5.41) is 3.21. The van der Waals surface area contributed by atoms with Gasteiger partial charge in [-0.15, -0.1) is 11.3 Å². The number of piperidine rings is 1. The molecular formula is C13H20N2OS. The minimum absolute atomic E-state index is 0.449. The lowest BCUT2D eigenvalue weighted by molar-refractivity contribution is -0.107. The molecule has 1 aliphatic rings. The van der Waals surface area contributed by atoms with E-state index < -0.39 is 0 Å². The Bertz CT molecular complexity index is 375. The highest BCUT2D eigenvalue weighted by Gasteiger charge is 2.27. The van der Waals surface area contributed by atoms with Crippen LogP contribution in [0.15, 0.2) is 5.38 Å². The first-order chi connectivity index (χ1) is 8.22. The molecule has 1 atom stereocenters. The molecule has 0 aromatic carbocycles. The molecule has 17 heavy (non-hydrogen) atoms. The Morgan fingerprint density at radius 2 is 2.41 bits per heavy atom. The summed E-state index contributed by atoms with van der Waals surface area (Å²) < 4.78 is 0. The molecule has 1 saturated heterocycles. The third-order valence-corrected chi connectivity index (χ3v) is 4.35. The van der Waals surface area contributed by atoms with Crippen LogP contribution < -0.4 is 0 Å². The summed E-state index contributed by atoms with van der Waals surface area (Å²) in [6, 6.07) is 1.04. The van der Waals surface area contributed by atoms with Crippen molar-refractivity contribution in [2.45, 2.75) is 51.6 Å². The molecule has 94 valence electrons. The SMILES string of the molecule is CC(C)N1CCCCC1c1nc(CC=O)cs1. The Morgan fingerprint density at radius 3 is 3.12 bits per heavy atom. The fourth-order valence-electron chi connectivity index (χ4n) is 2.49. The highest BCUT2D eigenvalue weighted by Crippen LogP contribution is 2.33. The summed E-state index contributed by atoms with van der Waals surface area (Å²) in [6.45, 7) is 5.67. The van der Waals surface area contributed by atoms with Gasteiger partial charge in [0.2, 0.25) is 0 Å². The summed E-state index contributed by atoms with van der Waals surface area (Å²) >= 11 is 1.71. The predicted octanol–water partition coefficient (Wildman–Crippen LogP) is 2.82. The van der Waals surface area contributed by atoms with Crippen LogP contribution in [0.5, 0.6) is 0 Å². The van der Waals surface area contributed by atoms with Gasteiger partial charge in [-0.25, -0.2) is 4.98 Å². The van der Waals surface area contributed by atoms with Crippen LogP contribution in [0.4, 0.5) is 0 Å². The van der Waals surface area contributed by atoms with E-state index in [1.165, 1.54) is 30.8 Å². The smallest absolute Gasteiger partial charge is 0.125 e. The van der Waals surface area contributed by atoms with Gasteiger partial charge in [0.05, 0.1) is 11.7 Å². The van der Waals surface area contributed by atoms with E-state index in [-0.39, 0.29) is 0 Å². The fourth-order valence-corrected chi connectivity index (χ4v) is 3.48. The van der Waals surface area contributed by atoms with Crippen molar-refractivity contribution in [2.24, 2.45) is 0 Å². The molecule has 0 radical (unpaired) electrons. The van der Waals surface area contributed by atoms with E-state index >= 15 is 0 Å². The molecule has 0 bridgehead atoms. The number of thiazole rings is 1. The maximum Gasteiger partial charge on any atom is 0.125 e. The van der Waals surface area contributed by atoms with Crippen LogP contribution in [0.25, 0.3) is 0 Å². The molecule has 0 aliphatic carbocycles. The molecular weight excluding hydrogens is 232 g/mol. The molecule has 0 spiro atoms. The van der Waals surface area contributed by atoms with Gasteiger partial charge in [-0.2, -0.15) is 0 Å². The van der Waals surface area contributed by atoms with E-state index in [2.05, 4.69) is 23.7 Å². The Kier molecular flexibility index (Phi) is 4.29. The summed E-state index contributed by atoms with van der Waals surface area (Å²) in [5.74, 6) is 0. The first-order valence-corrected chi connectivity index (χ1v) is 7.24. The van der Waals surface area contributed by atoms with Crippen LogP contribution in [0, 0.1) is 0 Å². The number of aldehydes is 1. The normalized spacial score (nSPS) is 21.9. The Balaban J connectivity index is 2.14. The van der Waals surface area contributed by atoms with Crippen molar-refractivity contribution in [2.75, 3.05) is 6.54 Å². The highest BCUT2D eigenvalue weighted by atomic mass is 32.1. The van der Waals surface area contributed by atoms with Gasteiger partial charge in [-0.3, -0.25) is 4.90 Å². The lowest BCUT2D eigenvalue weighted by atomic mass is 10.0. The zero-order valence-electron chi connectivity index (χ0n) is 10.6. The Hall–Kier alpha value is -0.740. The average molecular weight is 252 g/mol. The van der Waals surface area contributed by atoms with Crippen molar-refractivity contribution >= 4 is 17.6 Å². The molecule has 0 saturated carbocycles. The number of carbonyl (C=O) groups is 1. The van der Waals surface area contributed by atoms with Crippen LogP contribution in [-0.2, 0) is 11.2 Å². The van der Waals surface area contributed by atoms with Crippen LogP contribution in [0.3, 0.4) is 0 Å². The molecule has 0 amide bonds. The number of likely N-dealkylation sites (tertiary alicyclic amines) is 1. The first-order valence-electron chi connectivity index (χ1n) is 6.36. The lowest BCUT2D eigenvalue weighted by Crippen LogP contribution is -2.38. The summed E-state index contributed by atoms with van der Waals surface area (Å²) in [4.78, 5) is 17.6. The zero-order chi connectivity index (χ0) is 12.3. The van der Waals surface area contributed by atoms with E-state index in [4.69, 9.17) is 0 Å². The molecule has 3 nitrogen and oxygen atoms in total. The second kappa shape index (κ2) is 5.74. The number of hydrogen-bond acceptors (Lipinski definition) is 4. The summed E-state index contributed by atoms with van der Waals surface area (Å²) in [6.07, 6.45) is 5.16. The maximum atomic E-state index is 10.5. The third kappa shape index (κ3) is 2.93. The topological polar surface area (TPSA) is 33.2 Å². The summed E-state index contributed by atoms with van der Waals surface area (Å²) in [5.41, 5.74) is 0.925. The molecule has 2 heterocycles. The molecule has 1 fully saturated rings. The number of aromatic nitrogens is 1. The van der Waals surface area contributed by atoms with Crippen molar-refractivity contribution in [3.63, 3.8) is 0 Å². The van der Waals surface area contributed by atoms with Crippen LogP contribution in [0.2, 0.25) is 0 Å². The molecule has 0 N–H and O–H groups in total. The average Bonchev–Trinajstić information content (AvgIpc) is 2.78. The van der Waals surface area contributed by atoms with Crippen LogP contribution >= 0.6 is 11.3 Å². The molecule has 4 heteroatoms.